The Morgan fingerprint density at radius 3 is 2.31 bits per heavy atom. The Bertz CT molecular complexity index is 306. The van der Waals surface area contributed by atoms with Crippen molar-refractivity contribution in [3.05, 3.63) is 35.9 Å². The normalized spacial score (nSPS) is 13.4. The summed E-state index contributed by atoms with van der Waals surface area (Å²) in [5, 5.41) is 9.60. The van der Waals surface area contributed by atoms with Crippen LogP contribution in [0.4, 0.5) is 0 Å². The molecular formula is C12H14O. The van der Waals surface area contributed by atoms with Crippen LogP contribution in [0, 0.1) is 12.3 Å². The Labute approximate surface area is 79.4 Å². The van der Waals surface area contributed by atoms with E-state index in [1.54, 1.807) is 0 Å². The Kier molecular flexibility index (Phi) is 2.75. The molecule has 0 saturated carbocycles. The summed E-state index contributed by atoms with van der Waals surface area (Å²) in [7, 11) is 0. The number of hydrogen-bond donors (Lipinski definition) is 1. The number of rotatable bonds is 2. The van der Waals surface area contributed by atoms with E-state index in [0.29, 0.717) is 0 Å². The maximum Gasteiger partial charge on any atom is 0.123 e. The third kappa shape index (κ3) is 1.91. The van der Waals surface area contributed by atoms with E-state index in [0.717, 1.165) is 5.56 Å². The highest BCUT2D eigenvalue weighted by Gasteiger charge is 2.27. The van der Waals surface area contributed by atoms with Crippen LogP contribution in [0.1, 0.15) is 19.4 Å². The topological polar surface area (TPSA) is 20.2 Å². The SMILES string of the molecule is C#C[C@H](O)C(C)(C)c1ccccc1. The lowest BCUT2D eigenvalue weighted by Crippen LogP contribution is -2.32. The van der Waals surface area contributed by atoms with Crippen LogP contribution < -0.4 is 0 Å². The van der Waals surface area contributed by atoms with Crippen molar-refractivity contribution in [1.82, 2.24) is 0 Å². The molecule has 0 saturated heterocycles. The minimum atomic E-state index is -0.741. The minimum Gasteiger partial charge on any atom is -0.379 e. The molecule has 0 spiro atoms. The van der Waals surface area contributed by atoms with Gasteiger partial charge in [-0.15, -0.1) is 6.42 Å². The molecule has 1 N–H and O–H groups in total. The van der Waals surface area contributed by atoms with E-state index in [2.05, 4.69) is 5.92 Å². The van der Waals surface area contributed by atoms with Gasteiger partial charge in [0.25, 0.3) is 0 Å². The molecule has 0 aromatic heterocycles. The molecule has 1 rings (SSSR count). The van der Waals surface area contributed by atoms with Gasteiger partial charge in [0.05, 0.1) is 0 Å². The first-order chi connectivity index (χ1) is 6.09. The molecule has 0 fully saturated rings. The summed E-state index contributed by atoms with van der Waals surface area (Å²) in [6.07, 6.45) is 4.45. The van der Waals surface area contributed by atoms with Crippen LogP contribution >= 0.6 is 0 Å². The highest BCUT2D eigenvalue weighted by atomic mass is 16.3. The number of aliphatic hydroxyl groups is 1. The molecule has 0 aliphatic heterocycles. The molecule has 1 nitrogen and oxygen atoms in total. The fourth-order valence-corrected chi connectivity index (χ4v) is 1.23. The number of hydrogen-bond acceptors (Lipinski definition) is 1. The van der Waals surface area contributed by atoms with Crippen LogP contribution in [0.5, 0.6) is 0 Å². The summed E-state index contributed by atoms with van der Waals surface area (Å²) < 4.78 is 0. The summed E-state index contributed by atoms with van der Waals surface area (Å²) in [6, 6.07) is 9.78. The summed E-state index contributed by atoms with van der Waals surface area (Å²) in [6.45, 7) is 3.87. The van der Waals surface area contributed by atoms with Crippen LogP contribution in [0.25, 0.3) is 0 Å². The average molecular weight is 174 g/mol. The van der Waals surface area contributed by atoms with E-state index in [4.69, 9.17) is 6.42 Å². The molecule has 13 heavy (non-hydrogen) atoms. The predicted octanol–water partition coefficient (Wildman–Crippen LogP) is 1.96. The van der Waals surface area contributed by atoms with Crippen molar-refractivity contribution in [1.29, 1.82) is 0 Å². The number of terminal acetylenes is 1. The standard InChI is InChI=1S/C12H14O/c1-4-11(13)12(2,3)10-8-6-5-7-9-10/h1,5-9,11,13H,2-3H3/t11-/m0/s1. The van der Waals surface area contributed by atoms with Crippen LogP contribution in [-0.2, 0) is 5.41 Å². The molecule has 0 heterocycles. The van der Waals surface area contributed by atoms with Gasteiger partial charge >= 0.3 is 0 Å². The molecule has 1 aromatic carbocycles. The zero-order valence-electron chi connectivity index (χ0n) is 7.99. The van der Waals surface area contributed by atoms with Gasteiger partial charge in [0.1, 0.15) is 6.10 Å². The van der Waals surface area contributed by atoms with Crippen molar-refractivity contribution in [3.8, 4) is 12.3 Å². The van der Waals surface area contributed by atoms with E-state index in [9.17, 15) is 5.11 Å². The first kappa shape index (κ1) is 9.83. The predicted molar refractivity (Wildman–Crippen MR) is 54.3 cm³/mol. The van der Waals surface area contributed by atoms with Gasteiger partial charge in [-0.2, -0.15) is 0 Å². The lowest BCUT2D eigenvalue weighted by molar-refractivity contribution is 0.153. The lowest BCUT2D eigenvalue weighted by atomic mass is 9.80. The Hall–Kier alpha value is -1.26. The second-order valence-corrected chi connectivity index (χ2v) is 3.66. The number of benzene rings is 1. The van der Waals surface area contributed by atoms with Gasteiger partial charge in [-0.1, -0.05) is 50.1 Å². The summed E-state index contributed by atoms with van der Waals surface area (Å²) in [4.78, 5) is 0. The second kappa shape index (κ2) is 3.64. The van der Waals surface area contributed by atoms with Crippen LogP contribution in [0.3, 0.4) is 0 Å². The summed E-state index contributed by atoms with van der Waals surface area (Å²) in [5.41, 5.74) is 0.677. The van der Waals surface area contributed by atoms with E-state index >= 15 is 0 Å². The van der Waals surface area contributed by atoms with Crippen molar-refractivity contribution in [2.24, 2.45) is 0 Å². The lowest BCUT2D eigenvalue weighted by Gasteiger charge is -2.27. The van der Waals surface area contributed by atoms with E-state index in [1.165, 1.54) is 0 Å². The highest BCUT2D eigenvalue weighted by Crippen LogP contribution is 2.26. The largest absolute Gasteiger partial charge is 0.379 e. The maximum absolute atomic E-state index is 9.60. The summed E-state index contributed by atoms with van der Waals surface area (Å²) >= 11 is 0. The second-order valence-electron chi connectivity index (χ2n) is 3.66. The first-order valence-corrected chi connectivity index (χ1v) is 4.28. The van der Waals surface area contributed by atoms with E-state index < -0.39 is 6.10 Å². The fraction of sp³-hybridized carbons (Fsp3) is 0.333. The maximum atomic E-state index is 9.60. The summed E-state index contributed by atoms with van der Waals surface area (Å²) in [5.74, 6) is 2.36. The van der Waals surface area contributed by atoms with Crippen molar-refractivity contribution in [3.63, 3.8) is 0 Å². The first-order valence-electron chi connectivity index (χ1n) is 4.28. The van der Waals surface area contributed by atoms with Gasteiger partial charge in [0.15, 0.2) is 0 Å². The zero-order chi connectivity index (χ0) is 9.90. The highest BCUT2D eigenvalue weighted by molar-refractivity contribution is 5.27. The molecule has 0 amide bonds. The molecule has 0 radical (unpaired) electrons. The molecule has 0 aliphatic carbocycles. The quantitative estimate of drug-likeness (QED) is 0.679. The fourth-order valence-electron chi connectivity index (χ4n) is 1.23. The van der Waals surface area contributed by atoms with Gasteiger partial charge in [0.2, 0.25) is 0 Å². The molecule has 1 heteroatoms. The molecule has 68 valence electrons. The molecule has 0 unspecified atom stereocenters. The van der Waals surface area contributed by atoms with Crippen molar-refractivity contribution >= 4 is 0 Å². The number of aliphatic hydroxyl groups excluding tert-OH is 1. The van der Waals surface area contributed by atoms with Crippen molar-refractivity contribution in [2.45, 2.75) is 25.4 Å². The minimum absolute atomic E-state index is 0.379. The van der Waals surface area contributed by atoms with Crippen LogP contribution in [0.2, 0.25) is 0 Å². The molecule has 1 aromatic rings. The smallest absolute Gasteiger partial charge is 0.123 e. The Balaban J connectivity index is 3.02. The van der Waals surface area contributed by atoms with Gasteiger partial charge < -0.3 is 5.11 Å². The van der Waals surface area contributed by atoms with Gasteiger partial charge in [-0.25, -0.2) is 0 Å². The molecular weight excluding hydrogens is 160 g/mol. The Morgan fingerprint density at radius 2 is 1.85 bits per heavy atom. The third-order valence-corrected chi connectivity index (χ3v) is 2.36. The van der Waals surface area contributed by atoms with Gasteiger partial charge in [0, 0.05) is 5.41 Å². The molecule has 1 atom stereocenters. The zero-order valence-corrected chi connectivity index (χ0v) is 7.99. The van der Waals surface area contributed by atoms with Crippen molar-refractivity contribution < 1.29 is 5.11 Å². The van der Waals surface area contributed by atoms with E-state index in [1.807, 2.05) is 44.2 Å². The van der Waals surface area contributed by atoms with Crippen LogP contribution in [0.15, 0.2) is 30.3 Å². The van der Waals surface area contributed by atoms with Gasteiger partial charge in [-0.05, 0) is 5.56 Å². The average Bonchev–Trinajstić information content (AvgIpc) is 2.18. The monoisotopic (exact) mass is 174 g/mol. The molecule has 0 aliphatic rings. The third-order valence-electron chi connectivity index (χ3n) is 2.36. The van der Waals surface area contributed by atoms with Gasteiger partial charge in [-0.3, -0.25) is 0 Å². The molecule has 0 bridgehead atoms. The van der Waals surface area contributed by atoms with Crippen LogP contribution in [-0.4, -0.2) is 11.2 Å². The Morgan fingerprint density at radius 1 is 1.31 bits per heavy atom. The van der Waals surface area contributed by atoms with Crippen molar-refractivity contribution in [2.75, 3.05) is 0 Å². The van der Waals surface area contributed by atoms with E-state index in [-0.39, 0.29) is 5.41 Å².